The van der Waals surface area contributed by atoms with E-state index < -0.39 is 0 Å². The highest BCUT2D eigenvalue weighted by molar-refractivity contribution is 5.06. The lowest BCUT2D eigenvalue weighted by atomic mass is 9.73. The van der Waals surface area contributed by atoms with E-state index in [0.717, 1.165) is 49.9 Å². The minimum atomic E-state index is -0.348. The average Bonchev–Trinajstić information content (AvgIpc) is 2.65. The van der Waals surface area contributed by atoms with E-state index in [1.54, 1.807) is 0 Å². The molecular formula is C22H38N4. The van der Waals surface area contributed by atoms with Crippen molar-refractivity contribution in [3.63, 3.8) is 0 Å². The summed E-state index contributed by atoms with van der Waals surface area (Å²) in [5.74, 6) is 0.325. The van der Waals surface area contributed by atoms with Crippen molar-refractivity contribution in [3.05, 3.63) is 49.9 Å². The van der Waals surface area contributed by atoms with Crippen LogP contribution in [0.15, 0.2) is 49.9 Å². The first-order chi connectivity index (χ1) is 12.3. The van der Waals surface area contributed by atoms with Gasteiger partial charge in [0, 0.05) is 17.4 Å². The highest BCUT2D eigenvalue weighted by atomic mass is 15.0. The van der Waals surface area contributed by atoms with Gasteiger partial charge >= 0.3 is 0 Å². The smallest absolute Gasteiger partial charge is 0.0689 e. The molecule has 4 heteroatoms. The molecule has 0 amide bonds. The van der Waals surface area contributed by atoms with Crippen molar-refractivity contribution in [1.29, 1.82) is 5.26 Å². The quantitative estimate of drug-likeness (QED) is 0.358. The lowest BCUT2D eigenvalue weighted by Gasteiger charge is -2.29. The Morgan fingerprint density at radius 2 is 1.96 bits per heavy atom. The van der Waals surface area contributed by atoms with E-state index in [1.165, 1.54) is 0 Å². The van der Waals surface area contributed by atoms with Gasteiger partial charge in [-0.1, -0.05) is 32.2 Å². The van der Waals surface area contributed by atoms with Gasteiger partial charge in [0.25, 0.3) is 0 Å². The second kappa shape index (κ2) is 13.2. The Bertz CT molecular complexity index is 503. The lowest BCUT2D eigenvalue weighted by molar-refractivity contribution is 0.252. The first kappa shape index (κ1) is 24.0. The van der Waals surface area contributed by atoms with E-state index in [4.69, 9.17) is 5.73 Å². The predicted octanol–water partition coefficient (Wildman–Crippen LogP) is 4.40. The average molecular weight is 359 g/mol. The van der Waals surface area contributed by atoms with Crippen LogP contribution in [0, 0.1) is 22.7 Å². The monoisotopic (exact) mass is 358 g/mol. The normalized spacial score (nSPS) is 15.0. The fourth-order valence-electron chi connectivity index (χ4n) is 2.73. The zero-order valence-corrected chi connectivity index (χ0v) is 16.8. The molecule has 0 aliphatic carbocycles. The standard InChI is InChI=1S/C22H38N4/c1-7-9-11-18(3)22(6,17-24)14-13-19(4)25-16-20(5)26-21(8-2)12-10-15-23/h7-8,18,21,25-26H,1-2,4-5,9-16,23H2,3,6H3. The van der Waals surface area contributed by atoms with E-state index in [0.29, 0.717) is 19.0 Å². The van der Waals surface area contributed by atoms with Gasteiger partial charge in [0.2, 0.25) is 0 Å². The van der Waals surface area contributed by atoms with Gasteiger partial charge in [0.05, 0.1) is 18.0 Å². The fraction of sp³-hybridized carbons (Fsp3) is 0.591. The minimum Gasteiger partial charge on any atom is -0.383 e. The Balaban J connectivity index is 4.32. The topological polar surface area (TPSA) is 73.9 Å². The van der Waals surface area contributed by atoms with Crippen molar-refractivity contribution < 1.29 is 0 Å². The van der Waals surface area contributed by atoms with Gasteiger partial charge in [-0.15, -0.1) is 13.2 Å². The highest BCUT2D eigenvalue weighted by Gasteiger charge is 2.30. The molecule has 3 atom stereocenters. The molecule has 4 nitrogen and oxygen atoms in total. The molecule has 4 N–H and O–H groups in total. The van der Waals surface area contributed by atoms with Crippen LogP contribution in [0.1, 0.15) is 52.4 Å². The maximum absolute atomic E-state index is 9.61. The fourth-order valence-corrected chi connectivity index (χ4v) is 2.73. The van der Waals surface area contributed by atoms with Gasteiger partial charge in [0.15, 0.2) is 0 Å². The van der Waals surface area contributed by atoms with Gasteiger partial charge in [-0.05, 0) is 57.9 Å². The molecule has 0 fully saturated rings. The van der Waals surface area contributed by atoms with Crippen molar-refractivity contribution in [2.75, 3.05) is 13.1 Å². The van der Waals surface area contributed by atoms with Crippen molar-refractivity contribution in [1.82, 2.24) is 10.6 Å². The minimum absolute atomic E-state index is 0.189. The summed E-state index contributed by atoms with van der Waals surface area (Å²) in [7, 11) is 0. The molecule has 0 radical (unpaired) electrons. The number of nitrogens with one attached hydrogen (secondary N) is 2. The SMILES string of the molecule is C=CCCC(C)C(C)(C#N)CCC(=C)NCC(=C)NC(C=C)CCCN. The summed E-state index contributed by atoms with van der Waals surface area (Å²) in [5.41, 5.74) is 7.04. The van der Waals surface area contributed by atoms with E-state index >= 15 is 0 Å². The molecule has 0 aliphatic heterocycles. The van der Waals surface area contributed by atoms with Crippen LogP contribution < -0.4 is 16.4 Å². The van der Waals surface area contributed by atoms with E-state index in [1.807, 2.05) is 19.1 Å². The number of allylic oxidation sites excluding steroid dienone is 2. The zero-order chi connectivity index (χ0) is 20.0. The maximum Gasteiger partial charge on any atom is 0.0689 e. The maximum atomic E-state index is 9.61. The number of hydrogen-bond acceptors (Lipinski definition) is 4. The van der Waals surface area contributed by atoms with Crippen LogP contribution in [-0.2, 0) is 0 Å². The second-order valence-corrected chi connectivity index (χ2v) is 7.27. The lowest BCUT2D eigenvalue weighted by Crippen LogP contribution is -2.32. The number of nitriles is 1. The summed E-state index contributed by atoms with van der Waals surface area (Å²) < 4.78 is 0. The molecular weight excluding hydrogens is 320 g/mol. The van der Waals surface area contributed by atoms with Crippen LogP contribution in [0.25, 0.3) is 0 Å². The molecule has 0 saturated heterocycles. The first-order valence-electron chi connectivity index (χ1n) is 9.53. The Morgan fingerprint density at radius 1 is 1.27 bits per heavy atom. The summed E-state index contributed by atoms with van der Waals surface area (Å²) in [6.45, 7) is 21.2. The predicted molar refractivity (Wildman–Crippen MR) is 113 cm³/mol. The first-order valence-corrected chi connectivity index (χ1v) is 9.53. The Kier molecular flexibility index (Phi) is 12.2. The van der Waals surface area contributed by atoms with Crippen molar-refractivity contribution in [2.24, 2.45) is 17.1 Å². The van der Waals surface area contributed by atoms with Crippen LogP contribution in [0.2, 0.25) is 0 Å². The van der Waals surface area contributed by atoms with Crippen LogP contribution in [0.3, 0.4) is 0 Å². The molecule has 0 aromatic heterocycles. The largest absolute Gasteiger partial charge is 0.383 e. The summed E-state index contributed by atoms with van der Waals surface area (Å²) >= 11 is 0. The van der Waals surface area contributed by atoms with E-state index in [2.05, 4.69) is 49.9 Å². The van der Waals surface area contributed by atoms with Crippen molar-refractivity contribution in [2.45, 2.75) is 58.4 Å². The summed E-state index contributed by atoms with van der Waals surface area (Å²) in [6, 6.07) is 2.69. The van der Waals surface area contributed by atoms with Gasteiger partial charge in [-0.25, -0.2) is 0 Å². The van der Waals surface area contributed by atoms with Crippen LogP contribution >= 0.6 is 0 Å². The van der Waals surface area contributed by atoms with Crippen LogP contribution in [0.4, 0.5) is 0 Å². The molecule has 0 bridgehead atoms. The molecule has 0 saturated carbocycles. The molecule has 0 rings (SSSR count). The van der Waals surface area contributed by atoms with Crippen LogP contribution in [0.5, 0.6) is 0 Å². The summed E-state index contributed by atoms with van der Waals surface area (Å²) in [6.07, 6.45) is 9.19. The van der Waals surface area contributed by atoms with Gasteiger partial charge < -0.3 is 16.4 Å². The van der Waals surface area contributed by atoms with Crippen LogP contribution in [-0.4, -0.2) is 19.1 Å². The molecule has 0 aliphatic rings. The number of nitrogens with two attached hydrogens (primary N) is 1. The highest BCUT2D eigenvalue weighted by Crippen LogP contribution is 2.35. The second-order valence-electron chi connectivity index (χ2n) is 7.27. The molecule has 3 unspecified atom stereocenters. The number of nitrogens with zero attached hydrogens (tertiary/aromatic N) is 1. The summed E-state index contributed by atoms with van der Waals surface area (Å²) in [5, 5.41) is 16.3. The molecule has 0 aromatic rings. The molecule has 0 spiro atoms. The Labute approximate surface area is 160 Å². The molecule has 0 aromatic carbocycles. The molecule has 146 valence electrons. The number of rotatable bonds is 16. The number of hydrogen-bond donors (Lipinski definition) is 3. The van der Waals surface area contributed by atoms with E-state index in [-0.39, 0.29) is 11.5 Å². The van der Waals surface area contributed by atoms with E-state index in [9.17, 15) is 5.26 Å². The zero-order valence-electron chi connectivity index (χ0n) is 16.8. The molecule has 0 heterocycles. The third-order valence-corrected chi connectivity index (χ3v) is 5.04. The Morgan fingerprint density at radius 3 is 2.50 bits per heavy atom. The third kappa shape index (κ3) is 9.48. The Hall–Kier alpha value is -1.99. The van der Waals surface area contributed by atoms with Gasteiger partial charge in [-0.3, -0.25) is 0 Å². The van der Waals surface area contributed by atoms with Crippen molar-refractivity contribution in [3.8, 4) is 6.07 Å². The van der Waals surface area contributed by atoms with Gasteiger partial charge in [0.1, 0.15) is 0 Å². The third-order valence-electron chi connectivity index (χ3n) is 5.04. The van der Waals surface area contributed by atoms with Crippen molar-refractivity contribution >= 4 is 0 Å². The molecule has 26 heavy (non-hydrogen) atoms. The van der Waals surface area contributed by atoms with Gasteiger partial charge in [-0.2, -0.15) is 5.26 Å². The summed E-state index contributed by atoms with van der Waals surface area (Å²) in [4.78, 5) is 0.